The van der Waals surface area contributed by atoms with Crippen LogP contribution < -0.4 is 5.32 Å². The zero-order valence-electron chi connectivity index (χ0n) is 14.1. The first-order valence-corrected chi connectivity index (χ1v) is 8.68. The van der Waals surface area contributed by atoms with Crippen molar-refractivity contribution in [1.82, 2.24) is 0 Å². The predicted octanol–water partition coefficient (Wildman–Crippen LogP) is 5.96. The summed E-state index contributed by atoms with van der Waals surface area (Å²) in [6, 6.07) is 13.7. The molecule has 0 fully saturated rings. The zero-order chi connectivity index (χ0) is 16.8. The van der Waals surface area contributed by atoms with Crippen LogP contribution in [-0.2, 0) is 0 Å². The van der Waals surface area contributed by atoms with Gasteiger partial charge in [0, 0.05) is 16.1 Å². The van der Waals surface area contributed by atoms with Crippen molar-refractivity contribution in [2.45, 2.75) is 39.0 Å². The molecule has 0 heterocycles. The Morgan fingerprint density at radius 1 is 1.13 bits per heavy atom. The third-order valence-electron chi connectivity index (χ3n) is 3.70. The highest BCUT2D eigenvalue weighted by atomic mass is 32.2. The van der Waals surface area contributed by atoms with Gasteiger partial charge in [0.05, 0.1) is 0 Å². The smallest absolute Gasteiger partial charge is 0.255 e. The molecule has 0 radical (unpaired) electrons. The van der Waals surface area contributed by atoms with Gasteiger partial charge in [-0.2, -0.15) is 0 Å². The number of carbonyl (C=O) groups is 1. The van der Waals surface area contributed by atoms with Crippen LogP contribution in [0.1, 0.15) is 41.8 Å². The minimum atomic E-state index is -0.0769. The first-order valence-electron chi connectivity index (χ1n) is 7.80. The second kappa shape index (κ2) is 8.02. The Hall–Kier alpha value is -2.00. The fraction of sp³-hybridized carbons (Fsp3) is 0.250. The molecule has 0 atom stereocenters. The number of hydrogen-bond acceptors (Lipinski definition) is 2. The third kappa shape index (κ3) is 5.00. The fourth-order valence-corrected chi connectivity index (χ4v) is 2.90. The lowest BCUT2D eigenvalue weighted by Gasteiger charge is -2.09. The summed E-state index contributed by atoms with van der Waals surface area (Å²) in [6.07, 6.45) is 1.04. The molecule has 1 amide bonds. The van der Waals surface area contributed by atoms with E-state index in [1.165, 1.54) is 16.7 Å². The number of carbonyl (C=O) groups excluding carboxylic acids is 1. The van der Waals surface area contributed by atoms with Gasteiger partial charge < -0.3 is 5.32 Å². The van der Waals surface area contributed by atoms with E-state index < -0.39 is 0 Å². The Bertz CT molecular complexity index is 717. The summed E-state index contributed by atoms with van der Waals surface area (Å²) in [5, 5.41) is 5.10. The van der Waals surface area contributed by atoms with Crippen LogP contribution in [0.2, 0.25) is 0 Å². The van der Waals surface area contributed by atoms with Gasteiger partial charge in [-0.1, -0.05) is 48.0 Å². The summed E-state index contributed by atoms with van der Waals surface area (Å²) < 4.78 is 0. The molecule has 3 heteroatoms. The second-order valence-corrected chi connectivity index (χ2v) is 6.65. The number of benzene rings is 2. The number of thioether (sulfide) groups is 1. The van der Waals surface area contributed by atoms with Crippen LogP contribution in [0.4, 0.5) is 5.69 Å². The average Bonchev–Trinajstić information content (AvgIpc) is 2.55. The van der Waals surface area contributed by atoms with E-state index in [2.05, 4.69) is 31.5 Å². The van der Waals surface area contributed by atoms with Crippen molar-refractivity contribution in [2.75, 3.05) is 5.32 Å². The number of allylic oxidation sites excluding steroid dienone is 1. The van der Waals surface area contributed by atoms with Gasteiger partial charge in [-0.15, -0.1) is 0 Å². The van der Waals surface area contributed by atoms with Gasteiger partial charge in [0.25, 0.3) is 5.91 Å². The Kier molecular flexibility index (Phi) is 6.05. The number of amides is 1. The molecule has 0 aromatic heterocycles. The van der Waals surface area contributed by atoms with Crippen LogP contribution >= 0.6 is 11.8 Å². The third-order valence-corrected chi connectivity index (χ3v) is 4.92. The van der Waals surface area contributed by atoms with E-state index in [4.69, 9.17) is 0 Å². The normalized spacial score (nSPS) is 11.4. The Balaban J connectivity index is 2.15. The summed E-state index contributed by atoms with van der Waals surface area (Å²) in [5.41, 5.74) is 5.19. The van der Waals surface area contributed by atoms with Crippen molar-refractivity contribution < 1.29 is 4.79 Å². The molecule has 0 saturated heterocycles. The van der Waals surface area contributed by atoms with Gasteiger partial charge in [0.1, 0.15) is 0 Å². The number of hydrogen-bond donors (Lipinski definition) is 1. The molecule has 2 aromatic carbocycles. The predicted molar refractivity (Wildman–Crippen MR) is 100 cm³/mol. The lowest BCUT2D eigenvalue weighted by Crippen LogP contribution is -2.12. The fourth-order valence-electron chi connectivity index (χ4n) is 1.96. The Morgan fingerprint density at radius 3 is 2.48 bits per heavy atom. The molecule has 1 N–H and O–H groups in total. The number of nitrogens with one attached hydrogen (secondary N) is 1. The standard InChI is InChI=1S/C20H23NOS/c1-5-14(2)13-23-19-12-17(9-8-16(19)4)20(22)21-18-10-6-15(3)7-11-18/h6-13H,5H2,1-4H3,(H,21,22). The van der Waals surface area contributed by atoms with Crippen LogP contribution in [0.5, 0.6) is 0 Å². The number of anilines is 1. The molecule has 0 aliphatic rings. The minimum Gasteiger partial charge on any atom is -0.322 e. The Morgan fingerprint density at radius 2 is 1.83 bits per heavy atom. The summed E-state index contributed by atoms with van der Waals surface area (Å²) in [6.45, 7) is 8.36. The van der Waals surface area contributed by atoms with Crippen LogP contribution in [0.15, 0.2) is 58.3 Å². The first kappa shape index (κ1) is 17.4. The summed E-state index contributed by atoms with van der Waals surface area (Å²) in [5.74, 6) is -0.0769. The molecule has 0 aliphatic heterocycles. The van der Waals surface area contributed by atoms with Crippen LogP contribution in [0.3, 0.4) is 0 Å². The second-order valence-electron chi connectivity index (χ2n) is 5.74. The summed E-state index contributed by atoms with van der Waals surface area (Å²) in [7, 11) is 0. The van der Waals surface area contributed by atoms with Gasteiger partial charge in [0.2, 0.25) is 0 Å². The van der Waals surface area contributed by atoms with Crippen molar-refractivity contribution in [3.63, 3.8) is 0 Å². The molecule has 0 spiro atoms. The van der Waals surface area contributed by atoms with E-state index in [0.717, 1.165) is 17.0 Å². The molecule has 23 heavy (non-hydrogen) atoms. The molecule has 0 aliphatic carbocycles. The molecular formula is C20H23NOS. The molecule has 0 saturated carbocycles. The van der Waals surface area contributed by atoms with Crippen molar-refractivity contribution in [2.24, 2.45) is 0 Å². The van der Waals surface area contributed by atoms with Gasteiger partial charge in [0.15, 0.2) is 0 Å². The SMILES string of the molecule is CCC(C)=CSc1cc(C(=O)Nc2ccc(C)cc2)ccc1C. The van der Waals surface area contributed by atoms with Crippen molar-refractivity contribution in [3.05, 3.63) is 70.1 Å². The Labute approximate surface area is 143 Å². The topological polar surface area (TPSA) is 29.1 Å². The van der Waals surface area contributed by atoms with E-state index in [0.29, 0.717) is 5.56 Å². The van der Waals surface area contributed by atoms with E-state index in [1.54, 1.807) is 11.8 Å². The number of aryl methyl sites for hydroxylation is 2. The highest BCUT2D eigenvalue weighted by Crippen LogP contribution is 2.26. The van der Waals surface area contributed by atoms with Crippen molar-refractivity contribution in [3.8, 4) is 0 Å². The van der Waals surface area contributed by atoms with Crippen LogP contribution in [-0.4, -0.2) is 5.91 Å². The maximum atomic E-state index is 12.4. The minimum absolute atomic E-state index is 0.0769. The number of rotatable bonds is 5. The molecule has 2 nitrogen and oxygen atoms in total. The average molecular weight is 325 g/mol. The van der Waals surface area contributed by atoms with Crippen LogP contribution in [0, 0.1) is 13.8 Å². The highest BCUT2D eigenvalue weighted by Gasteiger charge is 2.08. The molecule has 0 unspecified atom stereocenters. The maximum absolute atomic E-state index is 12.4. The molecule has 120 valence electrons. The van der Waals surface area contributed by atoms with Gasteiger partial charge in [-0.25, -0.2) is 0 Å². The molecular weight excluding hydrogens is 302 g/mol. The largest absolute Gasteiger partial charge is 0.322 e. The van der Waals surface area contributed by atoms with Gasteiger partial charge in [-0.3, -0.25) is 4.79 Å². The van der Waals surface area contributed by atoms with Crippen molar-refractivity contribution in [1.29, 1.82) is 0 Å². The van der Waals surface area contributed by atoms with Crippen LogP contribution in [0.25, 0.3) is 0 Å². The molecule has 0 bridgehead atoms. The lowest BCUT2D eigenvalue weighted by atomic mass is 10.1. The molecule has 2 aromatic rings. The first-order chi connectivity index (χ1) is 11.0. The zero-order valence-corrected chi connectivity index (χ0v) is 15.0. The van der Waals surface area contributed by atoms with Gasteiger partial charge in [-0.05, 0) is 62.4 Å². The van der Waals surface area contributed by atoms with E-state index >= 15 is 0 Å². The van der Waals surface area contributed by atoms with E-state index in [-0.39, 0.29) is 5.91 Å². The van der Waals surface area contributed by atoms with E-state index in [1.807, 2.05) is 49.4 Å². The van der Waals surface area contributed by atoms with Gasteiger partial charge >= 0.3 is 0 Å². The van der Waals surface area contributed by atoms with E-state index in [9.17, 15) is 4.79 Å². The quantitative estimate of drug-likeness (QED) is 0.687. The monoisotopic (exact) mass is 325 g/mol. The lowest BCUT2D eigenvalue weighted by molar-refractivity contribution is 0.102. The summed E-state index contributed by atoms with van der Waals surface area (Å²) in [4.78, 5) is 13.5. The molecule has 2 rings (SSSR count). The highest BCUT2D eigenvalue weighted by molar-refractivity contribution is 8.02. The maximum Gasteiger partial charge on any atom is 0.255 e. The summed E-state index contributed by atoms with van der Waals surface area (Å²) >= 11 is 1.68. The van der Waals surface area contributed by atoms with Crippen molar-refractivity contribution >= 4 is 23.4 Å².